The first-order valence-corrected chi connectivity index (χ1v) is 16.6. The molecule has 1 unspecified atom stereocenters. The third-order valence-electron chi connectivity index (χ3n) is 6.92. The zero-order chi connectivity index (χ0) is 33.9. The van der Waals surface area contributed by atoms with Crippen LogP contribution in [-0.4, -0.2) is 24.3 Å². The molecule has 1 atom stereocenters. The van der Waals surface area contributed by atoms with Crippen molar-refractivity contribution in [3.05, 3.63) is 160 Å². The largest absolute Gasteiger partial charge is 0.493 e. The summed E-state index contributed by atoms with van der Waals surface area (Å²) in [5.74, 6) is -0.690. The Morgan fingerprint density at radius 1 is 0.792 bits per heavy atom. The fourth-order valence-electron chi connectivity index (χ4n) is 4.66. The van der Waals surface area contributed by atoms with Crippen LogP contribution in [0.5, 0.6) is 5.75 Å². The standard InChI is InChI=1S/C38H31Cl2N3O4S/c1-2-47-34-19-10-9-16-27(34)22-33(43-36(44)26-14-7-4-8-15-26)37(45)41-29-17-11-18-30(24-29)48-35(25-12-5-3-6-13-25)38(46)42-32-21-20-28(39)23-31(32)40/h3-24,35H,2H2,1H3,(H,41,45)(H,42,46)(H,43,44)/b33-22+. The second-order valence-corrected chi connectivity index (χ2v) is 12.4. The lowest BCUT2D eigenvalue weighted by atomic mass is 10.1. The predicted molar refractivity (Wildman–Crippen MR) is 195 cm³/mol. The molecule has 0 aliphatic rings. The van der Waals surface area contributed by atoms with Crippen molar-refractivity contribution < 1.29 is 19.1 Å². The first-order chi connectivity index (χ1) is 23.3. The number of hydrogen-bond donors (Lipinski definition) is 3. The number of anilines is 2. The minimum atomic E-state index is -0.653. The zero-order valence-electron chi connectivity index (χ0n) is 25.8. The van der Waals surface area contributed by atoms with Gasteiger partial charge in [0.25, 0.3) is 11.8 Å². The molecule has 3 amide bonds. The fraction of sp³-hybridized carbons (Fsp3) is 0.0789. The van der Waals surface area contributed by atoms with E-state index < -0.39 is 17.1 Å². The van der Waals surface area contributed by atoms with Crippen molar-refractivity contribution in [1.82, 2.24) is 5.32 Å². The van der Waals surface area contributed by atoms with E-state index in [-0.39, 0.29) is 11.6 Å². The van der Waals surface area contributed by atoms with Crippen LogP contribution in [0.4, 0.5) is 11.4 Å². The van der Waals surface area contributed by atoms with Crippen LogP contribution in [0, 0.1) is 0 Å². The molecule has 5 aromatic rings. The Bertz CT molecular complexity index is 1940. The maximum atomic E-state index is 13.7. The lowest BCUT2D eigenvalue weighted by Gasteiger charge is -2.18. The van der Waals surface area contributed by atoms with Crippen molar-refractivity contribution in [3.8, 4) is 5.75 Å². The number of hydrogen-bond acceptors (Lipinski definition) is 5. The molecule has 48 heavy (non-hydrogen) atoms. The van der Waals surface area contributed by atoms with E-state index in [1.807, 2.05) is 61.5 Å². The Hall–Kier alpha value is -5.02. The quantitative estimate of drug-likeness (QED) is 0.0893. The van der Waals surface area contributed by atoms with Crippen LogP contribution < -0.4 is 20.7 Å². The molecule has 5 rings (SSSR count). The van der Waals surface area contributed by atoms with E-state index in [0.29, 0.717) is 44.9 Å². The predicted octanol–water partition coefficient (Wildman–Crippen LogP) is 9.27. The van der Waals surface area contributed by atoms with Gasteiger partial charge in [-0.1, -0.05) is 96.0 Å². The molecule has 0 fully saturated rings. The normalized spacial score (nSPS) is 11.7. The topological polar surface area (TPSA) is 96.5 Å². The van der Waals surface area contributed by atoms with E-state index in [9.17, 15) is 14.4 Å². The van der Waals surface area contributed by atoms with Crippen molar-refractivity contribution in [2.45, 2.75) is 17.1 Å². The number of para-hydroxylation sites is 1. The van der Waals surface area contributed by atoms with E-state index in [0.717, 1.165) is 10.5 Å². The number of amides is 3. The summed E-state index contributed by atoms with van der Waals surface area (Å²) >= 11 is 13.7. The number of carbonyl (C=O) groups excluding carboxylic acids is 3. The highest BCUT2D eigenvalue weighted by molar-refractivity contribution is 8.00. The lowest BCUT2D eigenvalue weighted by molar-refractivity contribution is -0.116. The Kier molecular flexibility index (Phi) is 11.9. The second kappa shape index (κ2) is 16.7. The summed E-state index contributed by atoms with van der Waals surface area (Å²) < 4.78 is 5.75. The van der Waals surface area contributed by atoms with Gasteiger partial charge in [0, 0.05) is 26.7 Å². The Morgan fingerprint density at radius 2 is 1.50 bits per heavy atom. The van der Waals surface area contributed by atoms with Gasteiger partial charge in [-0.05, 0) is 73.2 Å². The van der Waals surface area contributed by atoms with Crippen molar-refractivity contribution in [2.75, 3.05) is 17.2 Å². The summed E-state index contributed by atoms with van der Waals surface area (Å²) in [5.41, 5.74) is 2.74. The molecule has 0 aromatic heterocycles. The molecular weight excluding hydrogens is 665 g/mol. The third kappa shape index (κ3) is 9.29. The van der Waals surface area contributed by atoms with Crippen molar-refractivity contribution in [3.63, 3.8) is 0 Å². The van der Waals surface area contributed by atoms with Crippen molar-refractivity contribution in [2.24, 2.45) is 0 Å². The monoisotopic (exact) mass is 695 g/mol. The number of benzene rings is 5. The maximum absolute atomic E-state index is 13.7. The molecule has 3 N–H and O–H groups in total. The summed E-state index contributed by atoms with van der Waals surface area (Å²) in [6, 6.07) is 37.3. The van der Waals surface area contributed by atoms with Gasteiger partial charge in [-0.2, -0.15) is 0 Å². The SMILES string of the molecule is CCOc1ccccc1/C=C(/NC(=O)c1ccccc1)C(=O)Nc1cccc(SC(C(=O)Nc2ccc(Cl)cc2Cl)c2ccccc2)c1. The number of nitrogens with one attached hydrogen (secondary N) is 3. The number of thioether (sulfide) groups is 1. The Labute approximate surface area is 293 Å². The summed E-state index contributed by atoms with van der Waals surface area (Å²) in [6.07, 6.45) is 1.58. The number of carbonyl (C=O) groups is 3. The highest BCUT2D eigenvalue weighted by atomic mass is 35.5. The summed E-state index contributed by atoms with van der Waals surface area (Å²) in [6.45, 7) is 2.30. The second-order valence-electron chi connectivity index (χ2n) is 10.4. The van der Waals surface area contributed by atoms with Gasteiger partial charge in [-0.3, -0.25) is 14.4 Å². The highest BCUT2D eigenvalue weighted by Gasteiger charge is 2.24. The Balaban J connectivity index is 1.40. The van der Waals surface area contributed by atoms with Crippen molar-refractivity contribution in [1.29, 1.82) is 0 Å². The summed E-state index contributed by atoms with van der Waals surface area (Å²) in [5, 5.41) is 8.70. The summed E-state index contributed by atoms with van der Waals surface area (Å²) in [4.78, 5) is 41.2. The van der Waals surface area contributed by atoms with E-state index in [2.05, 4.69) is 16.0 Å². The first-order valence-electron chi connectivity index (χ1n) is 15.0. The van der Waals surface area contributed by atoms with E-state index >= 15 is 0 Å². The molecule has 0 aliphatic carbocycles. The highest BCUT2D eigenvalue weighted by Crippen LogP contribution is 2.38. The van der Waals surface area contributed by atoms with Gasteiger partial charge in [0.2, 0.25) is 5.91 Å². The number of ether oxygens (including phenoxy) is 1. The van der Waals surface area contributed by atoms with Gasteiger partial charge in [0.15, 0.2) is 0 Å². The molecule has 5 aromatic carbocycles. The Morgan fingerprint density at radius 3 is 2.23 bits per heavy atom. The molecule has 0 aliphatic heterocycles. The molecule has 0 radical (unpaired) electrons. The molecule has 0 bridgehead atoms. The number of halogens is 2. The van der Waals surface area contributed by atoms with Crippen LogP contribution in [0.3, 0.4) is 0 Å². The van der Waals surface area contributed by atoms with Gasteiger partial charge in [0.1, 0.15) is 16.7 Å². The van der Waals surface area contributed by atoms with Crippen molar-refractivity contribution >= 4 is 70.1 Å². The molecule has 7 nitrogen and oxygen atoms in total. The molecule has 0 heterocycles. The molecular formula is C38H31Cl2N3O4S. The van der Waals surface area contributed by atoms with Gasteiger partial charge in [-0.15, -0.1) is 11.8 Å². The fourth-order valence-corrected chi connectivity index (χ4v) is 6.20. The van der Waals surface area contributed by atoms with Crippen LogP contribution in [0.2, 0.25) is 10.0 Å². The lowest BCUT2D eigenvalue weighted by Crippen LogP contribution is -2.30. The van der Waals surface area contributed by atoms with Crippen LogP contribution in [0.25, 0.3) is 6.08 Å². The van der Waals surface area contributed by atoms with Crippen LogP contribution in [0.1, 0.15) is 33.7 Å². The van der Waals surface area contributed by atoms with Crippen LogP contribution in [0.15, 0.2) is 138 Å². The maximum Gasteiger partial charge on any atom is 0.272 e. The van der Waals surface area contributed by atoms with Gasteiger partial charge in [0.05, 0.1) is 17.3 Å². The number of rotatable bonds is 12. The molecule has 10 heteroatoms. The third-order valence-corrected chi connectivity index (χ3v) is 8.72. The van der Waals surface area contributed by atoms with Crippen LogP contribution >= 0.6 is 35.0 Å². The zero-order valence-corrected chi connectivity index (χ0v) is 28.1. The van der Waals surface area contributed by atoms with Gasteiger partial charge >= 0.3 is 0 Å². The summed E-state index contributed by atoms with van der Waals surface area (Å²) in [7, 11) is 0. The molecule has 0 saturated carbocycles. The molecule has 242 valence electrons. The molecule has 0 spiro atoms. The average molecular weight is 697 g/mol. The minimum absolute atomic E-state index is 0.0236. The van der Waals surface area contributed by atoms with Gasteiger partial charge in [-0.25, -0.2) is 0 Å². The van der Waals surface area contributed by atoms with Crippen LogP contribution in [-0.2, 0) is 9.59 Å². The minimum Gasteiger partial charge on any atom is -0.493 e. The first kappa shape index (κ1) is 34.3. The van der Waals surface area contributed by atoms with Gasteiger partial charge < -0.3 is 20.7 Å². The van der Waals surface area contributed by atoms with E-state index in [1.165, 1.54) is 11.8 Å². The van der Waals surface area contributed by atoms with E-state index in [4.69, 9.17) is 27.9 Å². The van der Waals surface area contributed by atoms with E-state index in [1.54, 1.807) is 78.9 Å². The smallest absolute Gasteiger partial charge is 0.272 e. The average Bonchev–Trinajstić information content (AvgIpc) is 3.10. The molecule has 0 saturated heterocycles.